The molecule has 0 bridgehead atoms. The number of halogens is 1. The highest BCUT2D eigenvalue weighted by Crippen LogP contribution is 2.33. The summed E-state index contributed by atoms with van der Waals surface area (Å²) in [6.45, 7) is 2.31. The lowest BCUT2D eigenvalue weighted by Crippen LogP contribution is -2.37. The van der Waals surface area contributed by atoms with Gasteiger partial charge in [-0.25, -0.2) is 0 Å². The summed E-state index contributed by atoms with van der Waals surface area (Å²) in [5, 5.41) is 0.619. The molecular weight excluding hydrogens is 326 g/mol. The van der Waals surface area contributed by atoms with Gasteiger partial charge in [0.05, 0.1) is 11.6 Å². The molecule has 24 heavy (non-hydrogen) atoms. The van der Waals surface area contributed by atoms with Crippen molar-refractivity contribution in [3.8, 4) is 11.3 Å². The number of amides is 1. The summed E-state index contributed by atoms with van der Waals surface area (Å²) in [6, 6.07) is 11.4. The van der Waals surface area contributed by atoms with Gasteiger partial charge in [0.1, 0.15) is 5.76 Å². The monoisotopic (exact) mass is 345 g/mol. The minimum atomic E-state index is -0.0253. The lowest BCUT2D eigenvalue weighted by atomic mass is 10.1. The van der Waals surface area contributed by atoms with Crippen LogP contribution in [0.3, 0.4) is 0 Å². The number of hydrogen-bond acceptors (Lipinski definition) is 3. The first-order valence-corrected chi connectivity index (χ1v) is 8.83. The third kappa shape index (κ3) is 3.21. The minimum Gasteiger partial charge on any atom is -0.451 e. The van der Waals surface area contributed by atoms with Gasteiger partial charge in [0.15, 0.2) is 5.76 Å². The van der Waals surface area contributed by atoms with E-state index in [-0.39, 0.29) is 5.91 Å². The van der Waals surface area contributed by atoms with Crippen LogP contribution in [0.2, 0.25) is 5.02 Å². The first-order chi connectivity index (χ1) is 11.7. The highest BCUT2D eigenvalue weighted by Gasteiger charge is 2.36. The van der Waals surface area contributed by atoms with Crippen molar-refractivity contribution in [2.45, 2.75) is 25.3 Å². The zero-order valence-corrected chi connectivity index (χ0v) is 14.2. The van der Waals surface area contributed by atoms with Gasteiger partial charge in [0.2, 0.25) is 0 Å². The van der Waals surface area contributed by atoms with Crippen LogP contribution in [0.5, 0.6) is 0 Å². The number of furan rings is 1. The molecule has 0 radical (unpaired) electrons. The molecule has 126 valence electrons. The Balaban J connectivity index is 1.54. The molecule has 1 amide bonds. The normalized spacial score (nSPS) is 20.3. The van der Waals surface area contributed by atoms with Crippen molar-refractivity contribution in [1.29, 1.82) is 0 Å². The van der Waals surface area contributed by atoms with E-state index in [0.29, 0.717) is 28.5 Å². The van der Waals surface area contributed by atoms with Crippen molar-refractivity contribution in [2.24, 2.45) is 5.92 Å². The highest BCUT2D eigenvalue weighted by atomic mass is 35.5. The lowest BCUT2D eigenvalue weighted by molar-refractivity contribution is 0.0675. The zero-order valence-electron chi connectivity index (χ0n) is 13.4. The van der Waals surface area contributed by atoms with Crippen LogP contribution in [0.15, 0.2) is 40.8 Å². The Kier molecular flexibility index (Phi) is 4.33. The standard InChI is InChI=1S/C19H20ClNO3/c20-16-4-2-1-3-15(16)17-7-8-18(24-17)19(22)21(14-5-6-14)11-13-9-10-23-12-13/h1-4,7-8,13-14H,5-6,9-12H2. The molecule has 5 heteroatoms. The second-order valence-electron chi connectivity index (χ2n) is 6.56. The van der Waals surface area contributed by atoms with Crippen molar-refractivity contribution in [2.75, 3.05) is 19.8 Å². The number of carbonyl (C=O) groups is 1. The molecule has 1 saturated heterocycles. The molecule has 1 atom stereocenters. The quantitative estimate of drug-likeness (QED) is 0.814. The average molecular weight is 346 g/mol. The van der Waals surface area contributed by atoms with Gasteiger partial charge >= 0.3 is 0 Å². The summed E-state index contributed by atoms with van der Waals surface area (Å²) in [5.41, 5.74) is 0.806. The maximum absolute atomic E-state index is 12.9. The summed E-state index contributed by atoms with van der Waals surface area (Å²) in [7, 11) is 0. The molecule has 1 aromatic heterocycles. The first-order valence-electron chi connectivity index (χ1n) is 8.46. The van der Waals surface area contributed by atoms with E-state index in [4.69, 9.17) is 20.8 Å². The number of rotatable bonds is 5. The van der Waals surface area contributed by atoms with Gasteiger partial charge in [-0.3, -0.25) is 4.79 Å². The molecular formula is C19H20ClNO3. The van der Waals surface area contributed by atoms with Crippen LogP contribution in [0, 0.1) is 5.92 Å². The molecule has 4 nitrogen and oxygen atoms in total. The predicted molar refractivity (Wildman–Crippen MR) is 92.1 cm³/mol. The van der Waals surface area contributed by atoms with Crippen LogP contribution >= 0.6 is 11.6 Å². The molecule has 1 saturated carbocycles. The largest absolute Gasteiger partial charge is 0.451 e. The second-order valence-corrected chi connectivity index (χ2v) is 6.97. The van der Waals surface area contributed by atoms with E-state index in [1.165, 1.54) is 0 Å². The van der Waals surface area contributed by atoms with Gasteiger partial charge in [-0.15, -0.1) is 0 Å². The highest BCUT2D eigenvalue weighted by molar-refractivity contribution is 6.33. The fourth-order valence-electron chi connectivity index (χ4n) is 3.19. The van der Waals surface area contributed by atoms with E-state index in [1.807, 2.05) is 35.2 Å². The average Bonchev–Trinajstić information content (AvgIpc) is 3.10. The Morgan fingerprint density at radius 2 is 2.00 bits per heavy atom. The summed E-state index contributed by atoms with van der Waals surface area (Å²) < 4.78 is 11.3. The van der Waals surface area contributed by atoms with Gasteiger partial charge in [-0.05, 0) is 43.5 Å². The topological polar surface area (TPSA) is 42.7 Å². The van der Waals surface area contributed by atoms with Crippen LogP contribution < -0.4 is 0 Å². The van der Waals surface area contributed by atoms with E-state index in [9.17, 15) is 4.79 Å². The third-order valence-electron chi connectivity index (χ3n) is 4.68. The van der Waals surface area contributed by atoms with E-state index in [2.05, 4.69) is 0 Å². The Bertz CT molecular complexity index is 732. The van der Waals surface area contributed by atoms with Gasteiger partial charge in [-0.2, -0.15) is 0 Å². The molecule has 1 unspecified atom stereocenters. The van der Waals surface area contributed by atoms with Crippen molar-refractivity contribution < 1.29 is 13.9 Å². The summed E-state index contributed by atoms with van der Waals surface area (Å²) in [4.78, 5) is 14.9. The van der Waals surface area contributed by atoms with Crippen LogP contribution in [-0.2, 0) is 4.74 Å². The van der Waals surface area contributed by atoms with Crippen LogP contribution in [0.25, 0.3) is 11.3 Å². The van der Waals surface area contributed by atoms with Crippen molar-refractivity contribution >= 4 is 17.5 Å². The van der Waals surface area contributed by atoms with Crippen molar-refractivity contribution in [3.05, 3.63) is 47.2 Å². The molecule has 2 aromatic rings. The van der Waals surface area contributed by atoms with Crippen LogP contribution in [-0.4, -0.2) is 36.6 Å². The SMILES string of the molecule is O=C(c1ccc(-c2ccccc2Cl)o1)N(CC1CCOC1)C1CC1. The number of hydrogen-bond donors (Lipinski definition) is 0. The second kappa shape index (κ2) is 6.61. The third-order valence-corrected chi connectivity index (χ3v) is 5.01. The van der Waals surface area contributed by atoms with E-state index >= 15 is 0 Å². The molecule has 2 aliphatic rings. The molecule has 0 spiro atoms. The maximum atomic E-state index is 12.9. The predicted octanol–water partition coefficient (Wildman–Crippen LogP) is 4.24. The smallest absolute Gasteiger partial charge is 0.289 e. The van der Waals surface area contributed by atoms with Gasteiger partial charge in [0, 0.05) is 30.7 Å². The minimum absolute atomic E-state index is 0.0253. The van der Waals surface area contributed by atoms with E-state index in [1.54, 1.807) is 6.07 Å². The molecule has 0 N–H and O–H groups in total. The van der Waals surface area contributed by atoms with Crippen molar-refractivity contribution in [1.82, 2.24) is 4.90 Å². The Morgan fingerprint density at radius 3 is 2.71 bits per heavy atom. The molecule has 2 fully saturated rings. The van der Waals surface area contributed by atoms with Crippen LogP contribution in [0.1, 0.15) is 29.8 Å². The Morgan fingerprint density at radius 1 is 1.17 bits per heavy atom. The fraction of sp³-hybridized carbons (Fsp3) is 0.421. The maximum Gasteiger partial charge on any atom is 0.289 e. The number of benzene rings is 1. The Hall–Kier alpha value is -1.78. The Labute approximate surface area is 146 Å². The van der Waals surface area contributed by atoms with Gasteiger partial charge in [0.25, 0.3) is 5.91 Å². The fourth-order valence-corrected chi connectivity index (χ4v) is 3.42. The van der Waals surface area contributed by atoms with Gasteiger partial charge in [-0.1, -0.05) is 23.7 Å². The van der Waals surface area contributed by atoms with Crippen LogP contribution in [0.4, 0.5) is 0 Å². The van der Waals surface area contributed by atoms with Crippen molar-refractivity contribution in [3.63, 3.8) is 0 Å². The molecule has 1 aromatic carbocycles. The molecule has 4 rings (SSSR count). The summed E-state index contributed by atoms with van der Waals surface area (Å²) >= 11 is 6.21. The number of nitrogens with zero attached hydrogens (tertiary/aromatic N) is 1. The number of ether oxygens (including phenoxy) is 1. The van der Waals surface area contributed by atoms with Gasteiger partial charge < -0.3 is 14.1 Å². The van der Waals surface area contributed by atoms with E-state index < -0.39 is 0 Å². The molecule has 1 aliphatic heterocycles. The molecule has 2 heterocycles. The zero-order chi connectivity index (χ0) is 16.5. The number of carbonyl (C=O) groups excluding carboxylic acids is 1. The lowest BCUT2D eigenvalue weighted by Gasteiger charge is -2.24. The molecule has 1 aliphatic carbocycles. The van der Waals surface area contributed by atoms with E-state index in [0.717, 1.165) is 44.6 Å². The summed E-state index contributed by atoms with van der Waals surface area (Å²) in [6.07, 6.45) is 3.19. The first kappa shape index (κ1) is 15.7. The summed E-state index contributed by atoms with van der Waals surface area (Å²) in [5.74, 6) is 1.43.